The SMILES string of the molecule is CCn1c(SCC(=O)Nc2ccccc2[N+](=O)[O-])nc2scc(-c3cccs3)c2c1=O. The van der Waals surface area contributed by atoms with E-state index in [0.717, 1.165) is 22.2 Å². The average Bonchev–Trinajstić information content (AvgIpc) is 3.42. The Morgan fingerprint density at radius 3 is 2.77 bits per heavy atom. The second-order valence-corrected chi connectivity index (χ2v) is 9.11. The van der Waals surface area contributed by atoms with Crippen LogP contribution in [-0.4, -0.2) is 26.1 Å². The summed E-state index contributed by atoms with van der Waals surface area (Å²) in [6, 6.07) is 9.86. The van der Waals surface area contributed by atoms with Gasteiger partial charge in [-0.15, -0.1) is 22.7 Å². The van der Waals surface area contributed by atoms with Crippen LogP contribution in [0.1, 0.15) is 6.92 Å². The van der Waals surface area contributed by atoms with E-state index in [1.165, 1.54) is 29.5 Å². The first kappa shape index (κ1) is 21.2. The Balaban J connectivity index is 1.59. The summed E-state index contributed by atoms with van der Waals surface area (Å²) in [7, 11) is 0. The van der Waals surface area contributed by atoms with Gasteiger partial charge in [0.2, 0.25) is 5.91 Å². The number of thiophene rings is 2. The molecule has 1 aromatic carbocycles. The lowest BCUT2D eigenvalue weighted by atomic mass is 10.2. The van der Waals surface area contributed by atoms with Crippen LogP contribution in [0.5, 0.6) is 0 Å². The van der Waals surface area contributed by atoms with Gasteiger partial charge in [-0.1, -0.05) is 30.0 Å². The third-order valence-electron chi connectivity index (χ3n) is 4.47. The molecule has 0 spiro atoms. The second kappa shape index (κ2) is 9.00. The Kier molecular flexibility index (Phi) is 6.16. The van der Waals surface area contributed by atoms with Crippen LogP contribution in [0.3, 0.4) is 0 Å². The molecule has 158 valence electrons. The number of amides is 1. The number of hydrogen-bond donors (Lipinski definition) is 1. The molecule has 0 radical (unpaired) electrons. The Hall–Kier alpha value is -3.02. The molecule has 4 aromatic rings. The van der Waals surface area contributed by atoms with E-state index in [4.69, 9.17) is 0 Å². The topological polar surface area (TPSA) is 107 Å². The molecule has 0 aliphatic rings. The number of hydrogen-bond acceptors (Lipinski definition) is 8. The number of thioether (sulfide) groups is 1. The molecule has 0 aliphatic heterocycles. The standard InChI is InChI=1S/C20H16N4O4S3/c1-2-23-19(26)17-12(15-8-5-9-29-15)10-30-18(17)22-20(23)31-11-16(25)21-13-6-3-4-7-14(13)24(27)28/h3-10H,2,11H2,1H3,(H,21,25). The summed E-state index contributed by atoms with van der Waals surface area (Å²) in [6.07, 6.45) is 0. The minimum Gasteiger partial charge on any atom is -0.320 e. The third-order valence-corrected chi connectivity index (χ3v) is 7.22. The normalized spacial score (nSPS) is 11.0. The molecule has 1 N–H and O–H groups in total. The predicted molar refractivity (Wildman–Crippen MR) is 125 cm³/mol. The van der Waals surface area contributed by atoms with Crippen molar-refractivity contribution >= 4 is 61.9 Å². The molecular formula is C20H16N4O4S3. The molecule has 3 aromatic heterocycles. The predicted octanol–water partition coefficient (Wildman–Crippen LogP) is 4.85. The minimum atomic E-state index is -0.547. The van der Waals surface area contributed by atoms with Gasteiger partial charge in [0, 0.05) is 28.4 Å². The van der Waals surface area contributed by atoms with Crippen LogP contribution in [0, 0.1) is 10.1 Å². The maximum atomic E-state index is 13.2. The van der Waals surface area contributed by atoms with Gasteiger partial charge >= 0.3 is 0 Å². The lowest BCUT2D eigenvalue weighted by Crippen LogP contribution is -2.23. The molecule has 1 amide bonds. The van der Waals surface area contributed by atoms with Gasteiger partial charge < -0.3 is 5.32 Å². The van der Waals surface area contributed by atoms with Crippen molar-refractivity contribution in [2.24, 2.45) is 0 Å². The number of benzene rings is 1. The van der Waals surface area contributed by atoms with Crippen molar-refractivity contribution in [2.45, 2.75) is 18.6 Å². The molecule has 0 unspecified atom stereocenters. The highest BCUT2D eigenvalue weighted by molar-refractivity contribution is 7.99. The summed E-state index contributed by atoms with van der Waals surface area (Å²) in [5.74, 6) is -0.450. The number of nitrogens with zero attached hydrogens (tertiary/aromatic N) is 3. The summed E-state index contributed by atoms with van der Waals surface area (Å²) in [5, 5.41) is 18.6. The summed E-state index contributed by atoms with van der Waals surface area (Å²) in [5.41, 5.74) is 0.693. The van der Waals surface area contributed by atoms with Crippen LogP contribution in [-0.2, 0) is 11.3 Å². The van der Waals surface area contributed by atoms with E-state index in [1.807, 2.05) is 29.8 Å². The van der Waals surface area contributed by atoms with E-state index in [0.29, 0.717) is 21.9 Å². The Bertz CT molecular complexity index is 1330. The van der Waals surface area contributed by atoms with E-state index < -0.39 is 10.8 Å². The lowest BCUT2D eigenvalue weighted by Gasteiger charge is -2.10. The number of rotatable bonds is 7. The maximum absolute atomic E-state index is 13.2. The average molecular weight is 473 g/mol. The summed E-state index contributed by atoms with van der Waals surface area (Å²) >= 11 is 4.09. The van der Waals surface area contributed by atoms with Crippen LogP contribution < -0.4 is 10.9 Å². The Morgan fingerprint density at radius 1 is 1.26 bits per heavy atom. The largest absolute Gasteiger partial charge is 0.320 e. The number of aromatic nitrogens is 2. The van der Waals surface area contributed by atoms with Crippen molar-refractivity contribution in [3.63, 3.8) is 0 Å². The van der Waals surface area contributed by atoms with Gasteiger partial charge in [0.05, 0.1) is 16.1 Å². The van der Waals surface area contributed by atoms with Crippen molar-refractivity contribution in [2.75, 3.05) is 11.1 Å². The molecule has 11 heteroatoms. The van der Waals surface area contributed by atoms with E-state index in [9.17, 15) is 19.7 Å². The van der Waals surface area contributed by atoms with Gasteiger partial charge in [-0.3, -0.25) is 24.3 Å². The fourth-order valence-corrected chi connectivity index (χ4v) is 5.73. The van der Waals surface area contributed by atoms with Crippen LogP contribution in [0.4, 0.5) is 11.4 Å². The first-order valence-electron chi connectivity index (χ1n) is 9.21. The van der Waals surface area contributed by atoms with Crippen LogP contribution in [0.25, 0.3) is 20.7 Å². The number of carbonyl (C=O) groups excluding carboxylic acids is 1. The van der Waals surface area contributed by atoms with Gasteiger partial charge in [-0.05, 0) is 24.4 Å². The quantitative estimate of drug-likeness (QED) is 0.178. The molecular weight excluding hydrogens is 456 g/mol. The van der Waals surface area contributed by atoms with Crippen LogP contribution in [0.15, 0.2) is 57.1 Å². The Labute approximate surface area is 188 Å². The molecule has 0 aliphatic carbocycles. The number of nitro benzene ring substituents is 1. The smallest absolute Gasteiger partial charge is 0.292 e. The zero-order valence-corrected chi connectivity index (χ0v) is 18.7. The Morgan fingerprint density at radius 2 is 2.06 bits per heavy atom. The van der Waals surface area contributed by atoms with Crippen LogP contribution >= 0.6 is 34.4 Å². The first-order chi connectivity index (χ1) is 15.0. The number of para-hydroxylation sites is 2. The molecule has 0 bridgehead atoms. The van der Waals surface area contributed by atoms with E-state index in [1.54, 1.807) is 22.0 Å². The molecule has 0 saturated heterocycles. The van der Waals surface area contributed by atoms with Crippen LogP contribution in [0.2, 0.25) is 0 Å². The van der Waals surface area contributed by atoms with E-state index in [2.05, 4.69) is 10.3 Å². The van der Waals surface area contributed by atoms with E-state index in [-0.39, 0.29) is 22.7 Å². The highest BCUT2D eigenvalue weighted by Crippen LogP contribution is 2.34. The summed E-state index contributed by atoms with van der Waals surface area (Å²) < 4.78 is 1.55. The van der Waals surface area contributed by atoms with Crippen molar-refractivity contribution in [3.05, 3.63) is 67.6 Å². The molecule has 0 atom stereocenters. The maximum Gasteiger partial charge on any atom is 0.292 e. The van der Waals surface area contributed by atoms with Crippen molar-refractivity contribution in [3.8, 4) is 10.4 Å². The fraction of sp³-hybridized carbons (Fsp3) is 0.150. The first-order valence-corrected chi connectivity index (χ1v) is 12.0. The third kappa shape index (κ3) is 4.24. The van der Waals surface area contributed by atoms with Gasteiger partial charge in [0.25, 0.3) is 11.2 Å². The van der Waals surface area contributed by atoms with Crippen molar-refractivity contribution in [1.29, 1.82) is 0 Å². The summed E-state index contributed by atoms with van der Waals surface area (Å²) in [6.45, 7) is 2.26. The van der Waals surface area contributed by atoms with E-state index >= 15 is 0 Å². The number of anilines is 1. The zero-order valence-electron chi connectivity index (χ0n) is 16.2. The molecule has 3 heterocycles. The second-order valence-electron chi connectivity index (χ2n) is 6.36. The van der Waals surface area contributed by atoms with Crippen molar-refractivity contribution in [1.82, 2.24) is 9.55 Å². The minimum absolute atomic E-state index is 0.0346. The lowest BCUT2D eigenvalue weighted by molar-refractivity contribution is -0.383. The summed E-state index contributed by atoms with van der Waals surface area (Å²) in [4.78, 5) is 42.4. The van der Waals surface area contributed by atoms with Gasteiger partial charge in [-0.25, -0.2) is 4.98 Å². The molecule has 31 heavy (non-hydrogen) atoms. The van der Waals surface area contributed by atoms with Gasteiger partial charge in [0.15, 0.2) is 5.16 Å². The van der Waals surface area contributed by atoms with Crippen molar-refractivity contribution < 1.29 is 9.72 Å². The molecule has 8 nitrogen and oxygen atoms in total. The number of nitro groups is 1. The number of fused-ring (bicyclic) bond motifs is 1. The number of carbonyl (C=O) groups is 1. The van der Waals surface area contributed by atoms with Gasteiger partial charge in [-0.2, -0.15) is 0 Å². The molecule has 4 rings (SSSR count). The highest BCUT2D eigenvalue weighted by atomic mass is 32.2. The molecule has 0 fully saturated rings. The fourth-order valence-electron chi connectivity index (χ4n) is 3.06. The molecule has 0 saturated carbocycles. The number of nitrogens with one attached hydrogen (secondary N) is 1. The monoisotopic (exact) mass is 472 g/mol. The highest BCUT2D eigenvalue weighted by Gasteiger charge is 2.19. The van der Waals surface area contributed by atoms with Gasteiger partial charge in [0.1, 0.15) is 10.5 Å². The zero-order chi connectivity index (χ0) is 22.0.